The number of imidazole rings is 1. The van der Waals surface area contributed by atoms with Crippen molar-refractivity contribution < 1.29 is 23.2 Å². The maximum atomic E-state index is 12.8. The van der Waals surface area contributed by atoms with Crippen molar-refractivity contribution in [3.8, 4) is 0 Å². The molecule has 0 aliphatic heterocycles. The van der Waals surface area contributed by atoms with E-state index in [1.807, 2.05) is 19.0 Å². The Bertz CT molecular complexity index is 782. The minimum Gasteiger partial charge on any atom is -0.326 e. The van der Waals surface area contributed by atoms with Crippen LogP contribution in [0.4, 0.5) is 13.2 Å². The summed E-state index contributed by atoms with van der Waals surface area (Å²) in [6.07, 6.45) is -2.90. The van der Waals surface area contributed by atoms with Crippen molar-refractivity contribution in [3.63, 3.8) is 0 Å². The molecule has 6 nitrogen and oxygen atoms in total. The molecule has 2 aromatic rings. The van der Waals surface area contributed by atoms with Crippen LogP contribution in [0.5, 0.6) is 0 Å². The number of halogens is 3. The number of likely N-dealkylation sites (N-methyl/N-ethyl adjacent to an activating group) is 1. The molecule has 0 saturated heterocycles. The van der Waals surface area contributed by atoms with Crippen LogP contribution >= 0.6 is 0 Å². The second-order valence-corrected chi connectivity index (χ2v) is 5.83. The second kappa shape index (κ2) is 7.66. The third-order valence-corrected chi connectivity index (χ3v) is 3.52. The van der Waals surface area contributed by atoms with Gasteiger partial charge in [-0.25, -0.2) is 10.5 Å². The van der Waals surface area contributed by atoms with Crippen LogP contribution in [0.2, 0.25) is 0 Å². The Morgan fingerprint density at radius 3 is 2.72 bits per heavy atom. The third-order valence-electron chi connectivity index (χ3n) is 3.52. The van der Waals surface area contributed by atoms with Crippen LogP contribution < -0.4 is 5.48 Å². The summed E-state index contributed by atoms with van der Waals surface area (Å²) in [5.41, 5.74) is 3.08. The molecule has 1 heterocycles. The van der Waals surface area contributed by atoms with Gasteiger partial charge in [0, 0.05) is 19.2 Å². The fraction of sp³-hybridized carbons (Fsp3) is 0.375. The highest BCUT2D eigenvalue weighted by Gasteiger charge is 2.31. The van der Waals surface area contributed by atoms with Crippen LogP contribution in [-0.4, -0.2) is 52.4 Å². The molecule has 0 unspecified atom stereocenters. The minimum atomic E-state index is -4.35. The number of hydroxylamine groups is 1. The van der Waals surface area contributed by atoms with E-state index < -0.39 is 18.5 Å². The first-order valence-electron chi connectivity index (χ1n) is 7.52. The normalized spacial score (nSPS) is 12.4. The van der Waals surface area contributed by atoms with Gasteiger partial charge in [0.25, 0.3) is 5.91 Å². The first-order valence-corrected chi connectivity index (χ1v) is 7.52. The number of fused-ring (bicyclic) bond motifs is 1. The Balaban J connectivity index is 2.41. The molecule has 1 aromatic carbocycles. The molecule has 2 rings (SSSR count). The van der Waals surface area contributed by atoms with Gasteiger partial charge in [-0.15, -0.1) is 0 Å². The number of aromatic nitrogens is 2. The maximum Gasteiger partial charge on any atom is 0.396 e. The van der Waals surface area contributed by atoms with E-state index in [9.17, 15) is 18.0 Å². The minimum absolute atomic E-state index is 0.0430. The third kappa shape index (κ3) is 5.30. The van der Waals surface area contributed by atoms with E-state index in [1.165, 1.54) is 11.6 Å². The SMILES string of the molecule is CN(C)CCn1c(CC(F)(F)F)nc2cc(/C=C/C(=O)NO)ccc21. The number of amides is 1. The van der Waals surface area contributed by atoms with Crippen molar-refractivity contribution in [1.82, 2.24) is 19.9 Å². The van der Waals surface area contributed by atoms with E-state index in [2.05, 4.69) is 4.98 Å². The summed E-state index contributed by atoms with van der Waals surface area (Å²) in [5.74, 6) is -0.743. The first-order chi connectivity index (χ1) is 11.7. The molecule has 0 bridgehead atoms. The molecule has 0 atom stereocenters. The maximum absolute atomic E-state index is 12.8. The number of benzene rings is 1. The summed E-state index contributed by atoms with van der Waals surface area (Å²) in [7, 11) is 3.69. The van der Waals surface area contributed by atoms with Gasteiger partial charge in [0.15, 0.2) is 0 Å². The van der Waals surface area contributed by atoms with Crippen molar-refractivity contribution in [1.29, 1.82) is 0 Å². The lowest BCUT2D eigenvalue weighted by atomic mass is 10.2. The average molecular weight is 356 g/mol. The molecular formula is C16H19F3N4O2. The zero-order chi connectivity index (χ0) is 18.6. The highest BCUT2D eigenvalue weighted by atomic mass is 19.4. The second-order valence-electron chi connectivity index (χ2n) is 5.83. The fourth-order valence-corrected chi connectivity index (χ4v) is 2.37. The standard InChI is InChI=1S/C16H19F3N4O2/c1-22(2)7-8-23-13-5-3-11(4-6-15(24)21-25)9-12(13)20-14(23)10-16(17,18)19/h3-6,9,25H,7-8,10H2,1-2H3,(H,21,24)/b6-4+. The van der Waals surface area contributed by atoms with Gasteiger partial charge in [0.2, 0.25) is 0 Å². The summed E-state index contributed by atoms with van der Waals surface area (Å²) in [6.45, 7) is 0.964. The number of alkyl halides is 3. The highest BCUT2D eigenvalue weighted by Crippen LogP contribution is 2.25. The summed E-state index contributed by atoms with van der Waals surface area (Å²) in [6, 6.07) is 4.95. The molecule has 1 amide bonds. The van der Waals surface area contributed by atoms with Crippen molar-refractivity contribution in [2.75, 3.05) is 20.6 Å². The van der Waals surface area contributed by atoms with Crippen LogP contribution in [0.3, 0.4) is 0 Å². The van der Waals surface area contributed by atoms with Gasteiger partial charge in [-0.05, 0) is 37.9 Å². The average Bonchev–Trinajstić information content (AvgIpc) is 2.84. The number of nitrogens with one attached hydrogen (secondary N) is 1. The zero-order valence-corrected chi connectivity index (χ0v) is 13.8. The quantitative estimate of drug-likeness (QED) is 0.473. The topological polar surface area (TPSA) is 70.4 Å². The van der Waals surface area contributed by atoms with Crippen molar-refractivity contribution >= 4 is 23.0 Å². The van der Waals surface area contributed by atoms with E-state index in [0.29, 0.717) is 29.7 Å². The van der Waals surface area contributed by atoms with Crippen molar-refractivity contribution in [2.45, 2.75) is 19.1 Å². The van der Waals surface area contributed by atoms with Gasteiger partial charge in [0.1, 0.15) is 12.2 Å². The highest BCUT2D eigenvalue weighted by molar-refractivity contribution is 5.91. The molecule has 0 saturated carbocycles. The lowest BCUT2D eigenvalue weighted by Crippen LogP contribution is -2.22. The lowest BCUT2D eigenvalue weighted by Gasteiger charge is -2.14. The van der Waals surface area contributed by atoms with Gasteiger partial charge in [0.05, 0.1) is 11.0 Å². The van der Waals surface area contributed by atoms with E-state index in [-0.39, 0.29) is 5.82 Å². The molecule has 1 aromatic heterocycles. The van der Waals surface area contributed by atoms with E-state index in [4.69, 9.17) is 5.21 Å². The van der Waals surface area contributed by atoms with Crippen molar-refractivity contribution in [2.24, 2.45) is 0 Å². The molecule has 0 aliphatic carbocycles. The van der Waals surface area contributed by atoms with Crippen LogP contribution in [-0.2, 0) is 17.8 Å². The number of carbonyl (C=O) groups is 1. The molecule has 136 valence electrons. The summed E-state index contributed by atoms with van der Waals surface area (Å²) in [4.78, 5) is 17.0. The van der Waals surface area contributed by atoms with Crippen LogP contribution in [0.25, 0.3) is 17.1 Å². The lowest BCUT2D eigenvalue weighted by molar-refractivity contribution is -0.129. The summed E-state index contributed by atoms with van der Waals surface area (Å²) in [5, 5.41) is 8.46. The zero-order valence-electron chi connectivity index (χ0n) is 13.8. The monoisotopic (exact) mass is 356 g/mol. The van der Waals surface area contributed by atoms with Gasteiger partial charge >= 0.3 is 6.18 Å². The Labute approximate surface area is 142 Å². The smallest absolute Gasteiger partial charge is 0.326 e. The molecule has 0 fully saturated rings. The van der Waals surface area contributed by atoms with Gasteiger partial charge in [-0.3, -0.25) is 10.0 Å². The first kappa shape index (κ1) is 18.9. The Morgan fingerprint density at radius 2 is 2.12 bits per heavy atom. The Kier molecular flexibility index (Phi) is 5.81. The molecule has 0 spiro atoms. The number of carbonyl (C=O) groups excluding carboxylic acids is 1. The van der Waals surface area contributed by atoms with Gasteiger partial charge in [-0.1, -0.05) is 6.07 Å². The predicted octanol–water partition coefficient (Wildman–Crippen LogP) is 2.22. The van der Waals surface area contributed by atoms with E-state index >= 15 is 0 Å². The molecule has 0 radical (unpaired) electrons. The van der Waals surface area contributed by atoms with Crippen LogP contribution in [0.1, 0.15) is 11.4 Å². The number of hydrogen-bond acceptors (Lipinski definition) is 4. The molecule has 25 heavy (non-hydrogen) atoms. The van der Waals surface area contributed by atoms with E-state index in [1.54, 1.807) is 22.8 Å². The predicted molar refractivity (Wildman–Crippen MR) is 87.0 cm³/mol. The largest absolute Gasteiger partial charge is 0.396 e. The molecular weight excluding hydrogens is 337 g/mol. The molecule has 2 N–H and O–H groups in total. The van der Waals surface area contributed by atoms with E-state index in [0.717, 1.165) is 6.08 Å². The van der Waals surface area contributed by atoms with Gasteiger partial charge < -0.3 is 9.47 Å². The number of nitrogens with zero attached hydrogens (tertiary/aromatic N) is 3. The molecule has 0 aliphatic rings. The Hall–Kier alpha value is -2.39. The summed E-state index contributed by atoms with van der Waals surface area (Å²) < 4.78 is 40.1. The summed E-state index contributed by atoms with van der Waals surface area (Å²) >= 11 is 0. The van der Waals surface area contributed by atoms with Gasteiger partial charge in [-0.2, -0.15) is 13.2 Å². The fourth-order valence-electron chi connectivity index (χ4n) is 2.37. The molecule has 9 heteroatoms. The number of rotatable bonds is 6. The van der Waals surface area contributed by atoms with Crippen molar-refractivity contribution in [3.05, 3.63) is 35.7 Å². The van der Waals surface area contributed by atoms with Crippen LogP contribution in [0, 0.1) is 0 Å². The number of hydrogen-bond donors (Lipinski definition) is 2. The Morgan fingerprint density at radius 1 is 1.40 bits per heavy atom. The van der Waals surface area contributed by atoms with Crippen LogP contribution in [0.15, 0.2) is 24.3 Å².